The lowest BCUT2D eigenvalue weighted by molar-refractivity contribution is -0.133. The highest BCUT2D eigenvalue weighted by molar-refractivity contribution is 7.99. The van der Waals surface area contributed by atoms with Gasteiger partial charge in [0.1, 0.15) is 0 Å². The van der Waals surface area contributed by atoms with Gasteiger partial charge in [0, 0.05) is 6.54 Å². The van der Waals surface area contributed by atoms with Gasteiger partial charge in [-0.05, 0) is 38.0 Å². The molecule has 0 radical (unpaired) electrons. The quantitative estimate of drug-likeness (QED) is 0.653. The van der Waals surface area contributed by atoms with Gasteiger partial charge < -0.3 is 9.67 Å². The summed E-state index contributed by atoms with van der Waals surface area (Å²) in [6.45, 7) is 4.84. The molecule has 2 rings (SSSR count). The monoisotopic (exact) mass is 290 g/mol. The molecule has 0 spiro atoms. The first-order chi connectivity index (χ1) is 9.61. The van der Waals surface area contributed by atoms with E-state index in [0.29, 0.717) is 0 Å². The van der Waals surface area contributed by atoms with Crippen molar-refractivity contribution >= 4 is 28.8 Å². The number of hydrogen-bond acceptors (Lipinski definition) is 3. The number of hydrogen-bond donors (Lipinski definition) is 1. The first kappa shape index (κ1) is 14.7. The Kier molecular flexibility index (Phi) is 4.84. The third-order valence-corrected chi connectivity index (χ3v) is 3.91. The third-order valence-electron chi connectivity index (χ3n) is 2.95. The molecule has 0 aliphatic heterocycles. The van der Waals surface area contributed by atoms with Crippen molar-refractivity contribution in [1.29, 1.82) is 0 Å². The number of aryl methyl sites for hydroxylation is 2. The second-order valence-electron chi connectivity index (χ2n) is 4.58. The number of fused-ring (bicyclic) bond motifs is 1. The van der Waals surface area contributed by atoms with E-state index in [2.05, 4.69) is 27.8 Å². The topological polar surface area (TPSA) is 55.1 Å². The SMILES string of the molecule is C/C=C/CCn1c(SCC(=O)O)nc2cc(C)ccc21. The van der Waals surface area contributed by atoms with Crippen LogP contribution in [0.4, 0.5) is 0 Å². The zero-order valence-electron chi connectivity index (χ0n) is 11.7. The molecule has 106 valence electrons. The lowest BCUT2D eigenvalue weighted by atomic mass is 10.2. The lowest BCUT2D eigenvalue weighted by Gasteiger charge is -2.06. The van der Waals surface area contributed by atoms with Gasteiger partial charge in [0.15, 0.2) is 5.16 Å². The first-order valence-electron chi connectivity index (χ1n) is 6.54. The van der Waals surface area contributed by atoms with Crippen molar-refractivity contribution in [2.45, 2.75) is 32.0 Å². The van der Waals surface area contributed by atoms with E-state index in [1.165, 1.54) is 11.8 Å². The van der Waals surface area contributed by atoms with Crippen LogP contribution in [0.15, 0.2) is 35.5 Å². The van der Waals surface area contributed by atoms with Gasteiger partial charge in [0.05, 0.1) is 16.8 Å². The van der Waals surface area contributed by atoms with Gasteiger partial charge in [-0.2, -0.15) is 0 Å². The standard InChI is InChI=1S/C15H18N2O2S/c1-3-4-5-8-17-13-7-6-11(2)9-12(13)16-15(17)20-10-14(18)19/h3-4,6-7,9H,5,8,10H2,1-2H3,(H,18,19)/b4-3+. The molecule has 0 aliphatic carbocycles. The number of nitrogens with zero attached hydrogens (tertiary/aromatic N) is 2. The van der Waals surface area contributed by atoms with Crippen LogP contribution in [-0.4, -0.2) is 26.4 Å². The summed E-state index contributed by atoms with van der Waals surface area (Å²) >= 11 is 1.27. The summed E-state index contributed by atoms with van der Waals surface area (Å²) in [6, 6.07) is 6.15. The Morgan fingerprint density at radius 3 is 3.00 bits per heavy atom. The summed E-state index contributed by atoms with van der Waals surface area (Å²) in [5.41, 5.74) is 3.15. The van der Waals surface area contributed by atoms with Crippen molar-refractivity contribution in [3.63, 3.8) is 0 Å². The van der Waals surface area contributed by atoms with Gasteiger partial charge in [0.25, 0.3) is 0 Å². The molecule has 0 unspecified atom stereocenters. The third kappa shape index (κ3) is 3.42. The van der Waals surface area contributed by atoms with Gasteiger partial charge >= 0.3 is 5.97 Å². The minimum atomic E-state index is -0.821. The van der Waals surface area contributed by atoms with Crippen LogP contribution < -0.4 is 0 Å². The minimum absolute atomic E-state index is 0.0337. The van der Waals surface area contributed by atoms with Crippen LogP contribution in [0.5, 0.6) is 0 Å². The van der Waals surface area contributed by atoms with Crippen LogP contribution in [0.2, 0.25) is 0 Å². The van der Waals surface area contributed by atoms with Crippen LogP contribution >= 0.6 is 11.8 Å². The highest BCUT2D eigenvalue weighted by Gasteiger charge is 2.12. The lowest BCUT2D eigenvalue weighted by Crippen LogP contribution is -2.03. The Labute approximate surface area is 122 Å². The number of imidazole rings is 1. The summed E-state index contributed by atoms with van der Waals surface area (Å²) in [4.78, 5) is 15.3. The molecule has 2 aromatic rings. The fraction of sp³-hybridized carbons (Fsp3) is 0.333. The van der Waals surface area contributed by atoms with Crippen LogP contribution in [0.25, 0.3) is 11.0 Å². The molecule has 0 atom stereocenters. The van der Waals surface area contributed by atoms with Gasteiger partial charge in [0.2, 0.25) is 0 Å². The Balaban J connectivity index is 2.36. The molecule has 4 nitrogen and oxygen atoms in total. The Morgan fingerprint density at radius 1 is 1.50 bits per heavy atom. The maximum absolute atomic E-state index is 10.7. The van der Waals surface area contributed by atoms with E-state index in [-0.39, 0.29) is 5.75 Å². The molecular weight excluding hydrogens is 272 g/mol. The number of benzene rings is 1. The molecule has 0 amide bonds. The predicted octanol–water partition coefficient (Wildman–Crippen LogP) is 3.49. The zero-order valence-corrected chi connectivity index (χ0v) is 12.5. The van der Waals surface area contributed by atoms with Gasteiger partial charge in [-0.15, -0.1) is 0 Å². The van der Waals surface area contributed by atoms with Gasteiger partial charge in [-0.1, -0.05) is 30.0 Å². The number of carbonyl (C=O) groups is 1. The van der Waals surface area contributed by atoms with Crippen molar-refractivity contribution in [3.05, 3.63) is 35.9 Å². The Bertz CT molecular complexity index is 647. The number of carboxylic acids is 1. The fourth-order valence-corrected chi connectivity index (χ4v) is 2.80. The highest BCUT2D eigenvalue weighted by Crippen LogP contribution is 2.25. The van der Waals surface area contributed by atoms with E-state index in [4.69, 9.17) is 5.11 Å². The van der Waals surface area contributed by atoms with E-state index in [0.717, 1.165) is 34.7 Å². The molecule has 20 heavy (non-hydrogen) atoms. The molecule has 1 N–H and O–H groups in total. The number of aliphatic carboxylic acids is 1. The molecule has 1 aromatic heterocycles. The molecule has 0 fully saturated rings. The molecule has 0 saturated heterocycles. The summed E-state index contributed by atoms with van der Waals surface area (Å²) in [6.07, 6.45) is 5.04. The predicted molar refractivity (Wildman–Crippen MR) is 82.3 cm³/mol. The smallest absolute Gasteiger partial charge is 0.313 e. The van der Waals surface area contributed by atoms with Crippen molar-refractivity contribution in [1.82, 2.24) is 9.55 Å². The van der Waals surface area contributed by atoms with Gasteiger partial charge in [-0.3, -0.25) is 4.79 Å². The largest absolute Gasteiger partial charge is 0.481 e. The number of thioether (sulfide) groups is 1. The molecule has 1 heterocycles. The maximum Gasteiger partial charge on any atom is 0.313 e. The summed E-state index contributed by atoms with van der Waals surface area (Å²) < 4.78 is 2.10. The highest BCUT2D eigenvalue weighted by atomic mass is 32.2. The zero-order chi connectivity index (χ0) is 14.5. The number of aromatic nitrogens is 2. The van der Waals surface area contributed by atoms with Gasteiger partial charge in [-0.25, -0.2) is 4.98 Å². The second-order valence-corrected chi connectivity index (χ2v) is 5.52. The van der Waals surface area contributed by atoms with Crippen molar-refractivity contribution in [2.24, 2.45) is 0 Å². The molecular formula is C15H18N2O2S. The molecule has 1 aromatic carbocycles. The average Bonchev–Trinajstić information content (AvgIpc) is 2.74. The van der Waals surface area contributed by atoms with E-state index in [9.17, 15) is 4.79 Å². The maximum atomic E-state index is 10.7. The van der Waals surface area contributed by atoms with E-state index in [1.807, 2.05) is 26.0 Å². The molecule has 0 aliphatic rings. The second kappa shape index (κ2) is 6.61. The molecule has 0 bridgehead atoms. The molecule has 5 heteroatoms. The van der Waals surface area contributed by atoms with Crippen LogP contribution in [0, 0.1) is 6.92 Å². The normalized spacial score (nSPS) is 11.5. The fourth-order valence-electron chi connectivity index (χ4n) is 2.04. The van der Waals surface area contributed by atoms with Crippen LogP contribution in [-0.2, 0) is 11.3 Å². The summed E-state index contributed by atoms with van der Waals surface area (Å²) in [5, 5.41) is 9.61. The van der Waals surface area contributed by atoms with Crippen LogP contribution in [0.1, 0.15) is 18.9 Å². The minimum Gasteiger partial charge on any atom is -0.481 e. The van der Waals surface area contributed by atoms with Crippen LogP contribution in [0.3, 0.4) is 0 Å². The number of carboxylic acid groups (broad SMARTS) is 1. The van der Waals surface area contributed by atoms with Crippen molar-refractivity contribution < 1.29 is 9.90 Å². The summed E-state index contributed by atoms with van der Waals surface area (Å²) in [5.74, 6) is -0.787. The number of rotatable bonds is 6. The molecule has 0 saturated carbocycles. The average molecular weight is 290 g/mol. The number of allylic oxidation sites excluding steroid dienone is 2. The Morgan fingerprint density at radius 2 is 2.30 bits per heavy atom. The summed E-state index contributed by atoms with van der Waals surface area (Å²) in [7, 11) is 0. The van der Waals surface area contributed by atoms with Crippen molar-refractivity contribution in [3.8, 4) is 0 Å². The van der Waals surface area contributed by atoms with E-state index in [1.54, 1.807) is 0 Å². The van der Waals surface area contributed by atoms with Crippen molar-refractivity contribution in [2.75, 3.05) is 5.75 Å². The Hall–Kier alpha value is -1.75. The first-order valence-corrected chi connectivity index (χ1v) is 7.53. The van der Waals surface area contributed by atoms with E-state index < -0.39 is 5.97 Å². The van der Waals surface area contributed by atoms with E-state index >= 15 is 0 Å².